The number of rotatable bonds is 7. The summed E-state index contributed by atoms with van der Waals surface area (Å²) in [6.07, 6.45) is 2.35. The van der Waals surface area contributed by atoms with E-state index in [1.54, 1.807) is 7.05 Å². The minimum atomic E-state index is 0. The summed E-state index contributed by atoms with van der Waals surface area (Å²) in [4.78, 5) is 15.8. The van der Waals surface area contributed by atoms with Crippen LogP contribution in [0.3, 0.4) is 0 Å². The number of nitrogens with zero attached hydrogens (tertiary/aromatic N) is 1. The molecule has 0 fully saturated rings. The molecule has 0 radical (unpaired) electrons. The topological polar surface area (TPSA) is 74.8 Å². The van der Waals surface area contributed by atoms with Gasteiger partial charge in [-0.3, -0.25) is 9.79 Å². The summed E-state index contributed by atoms with van der Waals surface area (Å²) in [6.45, 7) is 6.05. The van der Waals surface area contributed by atoms with Gasteiger partial charge in [0.2, 0.25) is 5.91 Å². The molecule has 0 aliphatic carbocycles. The van der Waals surface area contributed by atoms with Crippen molar-refractivity contribution in [1.82, 2.24) is 16.0 Å². The SMILES string of the molecule is CN=C(NCCC(=O)NC(C)C)NCCc1ccc2c(c1)CCO2.I. The highest BCUT2D eigenvalue weighted by molar-refractivity contribution is 14.0. The molecule has 0 atom stereocenters. The van der Waals surface area contributed by atoms with Crippen LogP contribution >= 0.6 is 24.0 Å². The van der Waals surface area contributed by atoms with Gasteiger partial charge in [-0.05, 0) is 37.5 Å². The van der Waals surface area contributed by atoms with Gasteiger partial charge < -0.3 is 20.7 Å². The molecule has 1 amide bonds. The van der Waals surface area contributed by atoms with Gasteiger partial charge in [0.15, 0.2) is 5.96 Å². The smallest absolute Gasteiger partial charge is 0.221 e. The summed E-state index contributed by atoms with van der Waals surface area (Å²) in [6, 6.07) is 6.56. The number of hydrogen-bond acceptors (Lipinski definition) is 3. The Morgan fingerprint density at radius 2 is 2.04 bits per heavy atom. The molecule has 7 heteroatoms. The van der Waals surface area contributed by atoms with Gasteiger partial charge in [0.05, 0.1) is 6.61 Å². The summed E-state index contributed by atoms with van der Waals surface area (Å²) in [5.74, 6) is 1.79. The van der Waals surface area contributed by atoms with Crippen LogP contribution in [0.5, 0.6) is 5.75 Å². The van der Waals surface area contributed by atoms with Gasteiger partial charge >= 0.3 is 0 Å². The normalized spacial score (nSPS) is 12.9. The standard InChI is InChI=1S/C18H28N4O2.HI/c1-13(2)22-17(23)7-10-21-18(19-3)20-9-6-14-4-5-16-15(12-14)8-11-24-16;/h4-5,12-13H,6-11H2,1-3H3,(H,22,23)(H2,19,20,21);1H. The number of fused-ring (bicyclic) bond motifs is 1. The Kier molecular flexibility index (Phi) is 9.62. The van der Waals surface area contributed by atoms with Gasteiger partial charge in [0.1, 0.15) is 5.75 Å². The van der Waals surface area contributed by atoms with Crippen molar-refractivity contribution in [2.45, 2.75) is 39.2 Å². The molecule has 1 aliphatic rings. The van der Waals surface area contributed by atoms with Crippen LogP contribution in [0.25, 0.3) is 0 Å². The number of ether oxygens (including phenoxy) is 1. The van der Waals surface area contributed by atoms with Crippen molar-refractivity contribution in [3.63, 3.8) is 0 Å². The van der Waals surface area contributed by atoms with Crippen LogP contribution in [0.1, 0.15) is 31.4 Å². The van der Waals surface area contributed by atoms with Crippen LogP contribution in [-0.2, 0) is 17.6 Å². The third-order valence-electron chi connectivity index (χ3n) is 3.78. The Bertz CT molecular complexity index is 590. The molecular formula is C18H29IN4O2. The first-order chi connectivity index (χ1) is 11.6. The van der Waals surface area contributed by atoms with Gasteiger partial charge in [0.25, 0.3) is 0 Å². The van der Waals surface area contributed by atoms with E-state index < -0.39 is 0 Å². The molecule has 0 saturated carbocycles. The fourth-order valence-electron chi connectivity index (χ4n) is 2.63. The summed E-state index contributed by atoms with van der Waals surface area (Å²) < 4.78 is 5.52. The highest BCUT2D eigenvalue weighted by Gasteiger charge is 2.11. The molecule has 0 bridgehead atoms. The molecule has 0 unspecified atom stereocenters. The largest absolute Gasteiger partial charge is 0.493 e. The monoisotopic (exact) mass is 460 g/mol. The minimum absolute atomic E-state index is 0. The number of carbonyl (C=O) groups is 1. The summed E-state index contributed by atoms with van der Waals surface area (Å²) in [7, 11) is 1.73. The van der Waals surface area contributed by atoms with Crippen LogP contribution < -0.4 is 20.7 Å². The molecule has 1 aromatic carbocycles. The molecule has 0 spiro atoms. The number of benzene rings is 1. The van der Waals surface area contributed by atoms with Gasteiger partial charge in [-0.1, -0.05) is 12.1 Å². The van der Waals surface area contributed by atoms with Crippen LogP contribution in [0.15, 0.2) is 23.2 Å². The number of nitrogens with one attached hydrogen (secondary N) is 3. The molecule has 140 valence electrons. The maximum absolute atomic E-state index is 11.6. The minimum Gasteiger partial charge on any atom is -0.493 e. The fraction of sp³-hybridized carbons (Fsp3) is 0.556. The number of carbonyl (C=O) groups excluding carboxylic acids is 1. The highest BCUT2D eigenvalue weighted by Crippen LogP contribution is 2.25. The van der Waals surface area contributed by atoms with Gasteiger partial charge in [-0.25, -0.2) is 0 Å². The molecule has 0 saturated heterocycles. The molecule has 6 nitrogen and oxygen atoms in total. The van der Waals surface area contributed by atoms with Gasteiger partial charge in [-0.2, -0.15) is 0 Å². The van der Waals surface area contributed by atoms with Crippen molar-refractivity contribution >= 4 is 35.8 Å². The first-order valence-corrected chi connectivity index (χ1v) is 8.57. The first kappa shape index (κ1) is 21.5. The summed E-state index contributed by atoms with van der Waals surface area (Å²) in [5, 5.41) is 9.31. The van der Waals surface area contributed by atoms with E-state index in [9.17, 15) is 4.79 Å². The third-order valence-corrected chi connectivity index (χ3v) is 3.78. The van der Waals surface area contributed by atoms with Crippen molar-refractivity contribution in [3.05, 3.63) is 29.3 Å². The Labute approximate surface area is 167 Å². The lowest BCUT2D eigenvalue weighted by molar-refractivity contribution is -0.121. The quantitative estimate of drug-likeness (QED) is 0.330. The van der Waals surface area contributed by atoms with Gasteiger partial charge in [-0.15, -0.1) is 24.0 Å². The molecule has 3 N–H and O–H groups in total. The number of halogens is 1. The van der Waals surface area contributed by atoms with E-state index >= 15 is 0 Å². The second kappa shape index (κ2) is 11.2. The molecule has 0 aromatic heterocycles. The number of amides is 1. The van der Waals surface area contributed by atoms with Crippen molar-refractivity contribution in [2.75, 3.05) is 26.7 Å². The van der Waals surface area contributed by atoms with Crippen LogP contribution in [0.4, 0.5) is 0 Å². The van der Waals surface area contributed by atoms with Crippen molar-refractivity contribution in [3.8, 4) is 5.75 Å². The maximum atomic E-state index is 11.6. The van der Waals surface area contributed by atoms with Crippen LogP contribution in [0, 0.1) is 0 Å². The second-order valence-electron chi connectivity index (χ2n) is 6.19. The van der Waals surface area contributed by atoms with Crippen molar-refractivity contribution < 1.29 is 9.53 Å². The zero-order valence-electron chi connectivity index (χ0n) is 15.2. The molecule has 1 aromatic rings. The summed E-state index contributed by atoms with van der Waals surface area (Å²) >= 11 is 0. The van der Waals surface area contributed by atoms with E-state index in [0.29, 0.717) is 13.0 Å². The fourth-order valence-corrected chi connectivity index (χ4v) is 2.63. The van der Waals surface area contributed by atoms with Gasteiger partial charge in [0, 0.05) is 39.0 Å². The average molecular weight is 460 g/mol. The van der Waals surface area contributed by atoms with E-state index in [1.807, 2.05) is 13.8 Å². The Hall–Kier alpha value is -1.51. The predicted molar refractivity (Wildman–Crippen MR) is 112 cm³/mol. The van der Waals surface area contributed by atoms with E-state index in [-0.39, 0.29) is 35.9 Å². The Morgan fingerprint density at radius 1 is 1.28 bits per heavy atom. The lowest BCUT2D eigenvalue weighted by atomic mass is 10.1. The molecule has 2 rings (SSSR count). The molecule has 1 heterocycles. The Morgan fingerprint density at radius 3 is 2.76 bits per heavy atom. The Balaban J connectivity index is 0.00000312. The second-order valence-corrected chi connectivity index (χ2v) is 6.19. The number of hydrogen-bond donors (Lipinski definition) is 3. The average Bonchev–Trinajstić information content (AvgIpc) is 3.00. The number of aliphatic imine (C=N–C) groups is 1. The maximum Gasteiger partial charge on any atom is 0.221 e. The summed E-state index contributed by atoms with van der Waals surface area (Å²) in [5.41, 5.74) is 2.59. The van der Waals surface area contributed by atoms with E-state index in [1.165, 1.54) is 11.1 Å². The van der Waals surface area contributed by atoms with E-state index in [4.69, 9.17) is 4.74 Å². The molecular weight excluding hydrogens is 431 g/mol. The van der Waals surface area contributed by atoms with E-state index in [0.717, 1.165) is 37.7 Å². The number of guanidine groups is 1. The lowest BCUT2D eigenvalue weighted by Gasteiger charge is -2.13. The third kappa shape index (κ3) is 7.50. The lowest BCUT2D eigenvalue weighted by Crippen LogP contribution is -2.40. The van der Waals surface area contributed by atoms with Crippen LogP contribution in [0.2, 0.25) is 0 Å². The molecule has 25 heavy (non-hydrogen) atoms. The zero-order chi connectivity index (χ0) is 17.4. The van der Waals surface area contributed by atoms with Crippen molar-refractivity contribution in [2.24, 2.45) is 4.99 Å². The zero-order valence-corrected chi connectivity index (χ0v) is 17.6. The molecule has 1 aliphatic heterocycles. The van der Waals surface area contributed by atoms with Crippen molar-refractivity contribution in [1.29, 1.82) is 0 Å². The highest BCUT2D eigenvalue weighted by atomic mass is 127. The first-order valence-electron chi connectivity index (χ1n) is 8.57. The van der Waals surface area contributed by atoms with Crippen LogP contribution in [-0.4, -0.2) is 44.7 Å². The predicted octanol–water partition coefficient (Wildman–Crippen LogP) is 1.86. The van der Waals surface area contributed by atoms with E-state index in [2.05, 4.69) is 39.1 Å².